The normalized spacial score (nSPS) is 17.7. The van der Waals surface area contributed by atoms with E-state index in [1.54, 1.807) is 34.6 Å². The first-order valence-corrected chi connectivity index (χ1v) is 11.1. The first kappa shape index (κ1) is 26.1. The van der Waals surface area contributed by atoms with Crippen LogP contribution in [0.2, 0.25) is 0 Å². The molecule has 1 aromatic rings. The van der Waals surface area contributed by atoms with Crippen LogP contribution in [0.25, 0.3) is 0 Å². The van der Waals surface area contributed by atoms with Crippen molar-refractivity contribution in [2.75, 3.05) is 13.7 Å². The van der Waals surface area contributed by atoms with Crippen LogP contribution >= 0.6 is 0 Å². The number of hydrogen-bond acceptors (Lipinski definition) is 8. The molecule has 1 aromatic heterocycles. The maximum absolute atomic E-state index is 13.1. The molecule has 33 heavy (non-hydrogen) atoms. The molecule has 12 heteroatoms. The quantitative estimate of drug-likeness (QED) is 0.499. The SMILES string of the molecule is CCn1nc(C(=O)C(NC(=O)[C@@H]2CCCN2C(=O)[C@@H](NC(=O)OC)C(C)C)C(C)C)oc1=O. The zero-order valence-electron chi connectivity index (χ0n) is 19.9. The standard InChI is InChI=1S/C21H33N5O7/c1-7-26-21(31)33-18(24-26)16(27)14(11(2)3)22-17(28)13-9-8-10-25(13)19(29)15(12(4)5)23-20(30)32-6/h11-15H,7-10H2,1-6H3,(H,22,28)(H,23,30)/t13-,14?,15-/m0/s1. The van der Waals surface area contributed by atoms with Crippen molar-refractivity contribution in [3.05, 3.63) is 16.4 Å². The van der Waals surface area contributed by atoms with E-state index in [9.17, 15) is 24.0 Å². The number of rotatable bonds is 9. The highest BCUT2D eigenvalue weighted by molar-refractivity contribution is 6.00. The predicted molar refractivity (Wildman–Crippen MR) is 116 cm³/mol. The van der Waals surface area contributed by atoms with Gasteiger partial charge < -0.3 is 24.7 Å². The predicted octanol–water partition coefficient (Wildman–Crippen LogP) is 0.551. The number of aryl methyl sites for hydroxylation is 1. The van der Waals surface area contributed by atoms with Crippen LogP contribution in [0.5, 0.6) is 0 Å². The van der Waals surface area contributed by atoms with Crippen LogP contribution in [-0.4, -0.2) is 70.2 Å². The van der Waals surface area contributed by atoms with Gasteiger partial charge in [-0.2, -0.15) is 4.68 Å². The minimum Gasteiger partial charge on any atom is -0.453 e. The third-order valence-electron chi connectivity index (χ3n) is 5.59. The summed E-state index contributed by atoms with van der Waals surface area (Å²) in [5, 5.41) is 9.10. The molecule has 0 bridgehead atoms. The molecule has 0 aliphatic carbocycles. The van der Waals surface area contributed by atoms with Crippen molar-refractivity contribution in [1.82, 2.24) is 25.3 Å². The fourth-order valence-electron chi connectivity index (χ4n) is 3.70. The first-order chi connectivity index (χ1) is 15.5. The van der Waals surface area contributed by atoms with Crippen LogP contribution in [0.3, 0.4) is 0 Å². The Bertz CT molecular complexity index is 936. The molecule has 0 aromatic carbocycles. The molecule has 1 aliphatic rings. The Morgan fingerprint density at radius 2 is 1.76 bits per heavy atom. The Balaban J connectivity index is 2.19. The number of hydrogen-bond donors (Lipinski definition) is 2. The van der Waals surface area contributed by atoms with Gasteiger partial charge in [0.15, 0.2) is 0 Å². The lowest BCUT2D eigenvalue weighted by Crippen LogP contribution is -2.57. The number of nitrogens with one attached hydrogen (secondary N) is 2. The van der Waals surface area contributed by atoms with E-state index in [0.29, 0.717) is 19.4 Å². The maximum atomic E-state index is 13.1. The van der Waals surface area contributed by atoms with Crippen LogP contribution in [0.15, 0.2) is 9.21 Å². The number of ether oxygens (including phenoxy) is 1. The molecule has 184 valence electrons. The van der Waals surface area contributed by atoms with Crippen molar-refractivity contribution >= 4 is 23.7 Å². The molecule has 12 nitrogen and oxygen atoms in total. The summed E-state index contributed by atoms with van der Waals surface area (Å²) in [6.07, 6.45) is 0.281. The van der Waals surface area contributed by atoms with E-state index in [1.807, 2.05) is 0 Å². The average Bonchev–Trinajstić information content (AvgIpc) is 3.40. The van der Waals surface area contributed by atoms with Gasteiger partial charge in [-0.1, -0.05) is 27.7 Å². The van der Waals surface area contributed by atoms with E-state index >= 15 is 0 Å². The minimum absolute atomic E-state index is 0.234. The largest absolute Gasteiger partial charge is 0.453 e. The number of ketones is 1. The van der Waals surface area contributed by atoms with E-state index in [-0.39, 0.29) is 24.3 Å². The highest BCUT2D eigenvalue weighted by atomic mass is 16.5. The second kappa shape index (κ2) is 11.1. The molecule has 0 radical (unpaired) electrons. The summed E-state index contributed by atoms with van der Waals surface area (Å²) in [5.41, 5.74) is 0. The molecule has 1 fully saturated rings. The Morgan fingerprint density at radius 1 is 1.12 bits per heavy atom. The molecule has 1 unspecified atom stereocenters. The number of Topliss-reactive ketones (excluding diaryl/α,β-unsaturated/α-hetero) is 1. The van der Waals surface area contributed by atoms with Gasteiger partial charge >= 0.3 is 11.8 Å². The summed E-state index contributed by atoms with van der Waals surface area (Å²) in [7, 11) is 1.21. The van der Waals surface area contributed by atoms with E-state index < -0.39 is 47.6 Å². The van der Waals surface area contributed by atoms with Crippen LogP contribution < -0.4 is 16.4 Å². The lowest BCUT2D eigenvalue weighted by atomic mass is 9.98. The summed E-state index contributed by atoms with van der Waals surface area (Å²) in [4.78, 5) is 64.0. The third-order valence-corrected chi connectivity index (χ3v) is 5.59. The number of aromatic nitrogens is 2. The van der Waals surface area contributed by atoms with Crippen molar-refractivity contribution in [1.29, 1.82) is 0 Å². The molecule has 1 saturated heterocycles. The highest BCUT2D eigenvalue weighted by Gasteiger charge is 2.40. The van der Waals surface area contributed by atoms with Crippen molar-refractivity contribution in [2.24, 2.45) is 11.8 Å². The van der Waals surface area contributed by atoms with Crippen molar-refractivity contribution in [3.63, 3.8) is 0 Å². The summed E-state index contributed by atoms with van der Waals surface area (Å²) < 4.78 is 10.6. The summed E-state index contributed by atoms with van der Waals surface area (Å²) in [6, 6.07) is -2.65. The number of likely N-dealkylation sites (tertiary alicyclic amines) is 1. The van der Waals surface area contributed by atoms with E-state index in [0.717, 1.165) is 4.68 Å². The van der Waals surface area contributed by atoms with E-state index in [2.05, 4.69) is 20.5 Å². The van der Waals surface area contributed by atoms with E-state index in [1.165, 1.54) is 12.0 Å². The summed E-state index contributed by atoms with van der Waals surface area (Å²) in [5.74, 6) is -3.19. The Morgan fingerprint density at radius 3 is 2.27 bits per heavy atom. The fourth-order valence-corrected chi connectivity index (χ4v) is 3.70. The topological polar surface area (TPSA) is 153 Å². The second-order valence-electron chi connectivity index (χ2n) is 8.63. The van der Waals surface area contributed by atoms with Crippen molar-refractivity contribution < 1.29 is 28.3 Å². The molecule has 0 saturated carbocycles. The van der Waals surface area contributed by atoms with Crippen molar-refractivity contribution in [2.45, 2.75) is 72.1 Å². The zero-order chi connectivity index (χ0) is 24.9. The lowest BCUT2D eigenvalue weighted by molar-refractivity contribution is -0.141. The summed E-state index contributed by atoms with van der Waals surface area (Å²) in [6.45, 7) is 9.31. The molecule has 2 heterocycles. The highest BCUT2D eigenvalue weighted by Crippen LogP contribution is 2.21. The van der Waals surface area contributed by atoms with Gasteiger partial charge in [-0.15, -0.1) is 5.10 Å². The van der Waals surface area contributed by atoms with Crippen molar-refractivity contribution in [3.8, 4) is 0 Å². The molecule has 3 amide bonds. The maximum Gasteiger partial charge on any atom is 0.437 e. The molecule has 1 aliphatic heterocycles. The van der Waals surface area contributed by atoms with Gasteiger partial charge in [0.25, 0.3) is 5.89 Å². The van der Waals surface area contributed by atoms with Gasteiger partial charge in [-0.3, -0.25) is 14.4 Å². The minimum atomic E-state index is -0.993. The van der Waals surface area contributed by atoms with Crippen LogP contribution in [0.4, 0.5) is 4.79 Å². The molecule has 3 atom stereocenters. The monoisotopic (exact) mass is 467 g/mol. The Hall–Kier alpha value is -3.18. The van der Waals surface area contributed by atoms with Gasteiger partial charge in [0.1, 0.15) is 12.1 Å². The van der Waals surface area contributed by atoms with Crippen LogP contribution in [0.1, 0.15) is 58.1 Å². The molecular weight excluding hydrogens is 434 g/mol. The van der Waals surface area contributed by atoms with Crippen LogP contribution in [0, 0.1) is 11.8 Å². The second-order valence-corrected chi connectivity index (χ2v) is 8.63. The first-order valence-electron chi connectivity index (χ1n) is 11.1. The third kappa shape index (κ3) is 5.99. The van der Waals surface area contributed by atoms with Gasteiger partial charge in [0.05, 0.1) is 13.2 Å². The molecule has 0 spiro atoms. The molecule has 2 rings (SSSR count). The van der Waals surface area contributed by atoms with Gasteiger partial charge in [-0.05, 0) is 31.6 Å². The van der Waals surface area contributed by atoms with Crippen LogP contribution in [-0.2, 0) is 20.9 Å². The number of nitrogens with zero attached hydrogens (tertiary/aromatic N) is 3. The summed E-state index contributed by atoms with van der Waals surface area (Å²) >= 11 is 0. The Labute approximate surface area is 192 Å². The molecular formula is C21H33N5O7. The number of alkyl carbamates (subject to hydrolysis) is 1. The van der Waals surface area contributed by atoms with Gasteiger partial charge in [0, 0.05) is 13.1 Å². The zero-order valence-corrected chi connectivity index (χ0v) is 19.9. The number of amides is 3. The van der Waals surface area contributed by atoms with E-state index in [4.69, 9.17) is 4.42 Å². The lowest BCUT2D eigenvalue weighted by Gasteiger charge is -2.31. The smallest absolute Gasteiger partial charge is 0.437 e. The number of carbonyl (C=O) groups excluding carboxylic acids is 4. The number of carbonyl (C=O) groups is 4. The average molecular weight is 468 g/mol. The Kier molecular flexibility index (Phi) is 8.77. The molecule has 2 N–H and O–H groups in total. The number of methoxy groups -OCH3 is 1. The van der Waals surface area contributed by atoms with Gasteiger partial charge in [0.2, 0.25) is 17.6 Å². The van der Waals surface area contributed by atoms with Gasteiger partial charge in [-0.25, -0.2) is 9.59 Å². The fraction of sp³-hybridized carbons (Fsp3) is 0.714.